The largest absolute Gasteiger partial charge is 0.484 e. The summed E-state index contributed by atoms with van der Waals surface area (Å²) >= 11 is 3.66. The van der Waals surface area contributed by atoms with Crippen molar-refractivity contribution in [1.29, 1.82) is 0 Å². The van der Waals surface area contributed by atoms with E-state index in [4.69, 9.17) is 4.74 Å². The van der Waals surface area contributed by atoms with Crippen LogP contribution >= 0.6 is 15.9 Å². The topological polar surface area (TPSA) is 39.9 Å². The smallest absolute Gasteiger partial charge is 0.136 e. The third-order valence-electron chi connectivity index (χ3n) is 4.03. The summed E-state index contributed by atoms with van der Waals surface area (Å²) in [7, 11) is 0. The zero-order valence-corrected chi connectivity index (χ0v) is 16.7. The minimum Gasteiger partial charge on any atom is -0.484 e. The summed E-state index contributed by atoms with van der Waals surface area (Å²) in [5.41, 5.74) is 3.17. The number of halogens is 1. The molecule has 5 heteroatoms. The van der Waals surface area contributed by atoms with Gasteiger partial charge in [0, 0.05) is 6.54 Å². The van der Waals surface area contributed by atoms with Crippen molar-refractivity contribution < 1.29 is 4.74 Å². The Kier molecular flexibility index (Phi) is 5.13. The maximum absolute atomic E-state index is 6.27. The van der Waals surface area contributed by atoms with Crippen molar-refractivity contribution in [1.82, 2.24) is 15.0 Å². The van der Waals surface area contributed by atoms with Crippen LogP contribution in [0.1, 0.15) is 45.8 Å². The first-order valence-corrected chi connectivity index (χ1v) is 9.41. The fourth-order valence-corrected chi connectivity index (χ4v) is 3.36. The second-order valence-electron chi connectivity index (χ2n) is 7.48. The van der Waals surface area contributed by atoms with E-state index in [2.05, 4.69) is 66.1 Å². The SMILES string of the molecule is CCC(Oc1ccc2c(nnn2CC(C)(C)C)c1Br)c1ccccc1. The van der Waals surface area contributed by atoms with Crippen LogP contribution in [-0.4, -0.2) is 15.0 Å². The summed E-state index contributed by atoms with van der Waals surface area (Å²) in [5.74, 6) is 0.797. The number of nitrogens with zero attached hydrogens (tertiary/aromatic N) is 3. The number of benzene rings is 2. The number of aromatic nitrogens is 3. The molecule has 0 spiro atoms. The van der Waals surface area contributed by atoms with E-state index < -0.39 is 0 Å². The van der Waals surface area contributed by atoms with Crippen LogP contribution in [0, 0.1) is 5.41 Å². The first kappa shape index (κ1) is 17.9. The lowest BCUT2D eigenvalue weighted by molar-refractivity contribution is 0.200. The molecule has 1 atom stereocenters. The lowest BCUT2D eigenvalue weighted by Crippen LogP contribution is -2.16. The number of hydrogen-bond acceptors (Lipinski definition) is 3. The van der Waals surface area contributed by atoms with Gasteiger partial charge in [0.1, 0.15) is 17.4 Å². The van der Waals surface area contributed by atoms with E-state index in [9.17, 15) is 0 Å². The molecule has 0 aliphatic carbocycles. The standard InChI is InChI=1S/C20H24BrN3O/c1-5-16(14-9-7-6-8-10-14)25-17-12-11-15-19(18(17)21)22-23-24(15)13-20(2,3)4/h6-12,16H,5,13H2,1-4H3. The number of hydrogen-bond donors (Lipinski definition) is 0. The third-order valence-corrected chi connectivity index (χ3v) is 4.79. The van der Waals surface area contributed by atoms with Gasteiger partial charge in [-0.05, 0) is 45.5 Å². The van der Waals surface area contributed by atoms with Crippen molar-refractivity contribution in [3.05, 3.63) is 52.5 Å². The molecule has 0 fully saturated rings. The molecule has 132 valence electrons. The van der Waals surface area contributed by atoms with Gasteiger partial charge in [-0.2, -0.15) is 0 Å². The van der Waals surface area contributed by atoms with Crippen molar-refractivity contribution in [3.8, 4) is 5.75 Å². The molecule has 0 N–H and O–H groups in total. The second kappa shape index (κ2) is 7.16. The fraction of sp³-hybridized carbons (Fsp3) is 0.400. The van der Waals surface area contributed by atoms with Crippen LogP contribution < -0.4 is 4.74 Å². The molecule has 0 saturated heterocycles. The molecule has 0 radical (unpaired) electrons. The summed E-state index contributed by atoms with van der Waals surface area (Å²) in [4.78, 5) is 0. The number of ether oxygens (including phenoxy) is 1. The maximum Gasteiger partial charge on any atom is 0.136 e. The predicted octanol–water partition coefficient (Wildman–Crippen LogP) is 5.77. The highest BCUT2D eigenvalue weighted by molar-refractivity contribution is 9.10. The molecule has 3 rings (SSSR count). The Balaban J connectivity index is 1.92. The normalized spacial score (nSPS) is 13.2. The van der Waals surface area contributed by atoms with Crippen molar-refractivity contribution in [3.63, 3.8) is 0 Å². The molecular weight excluding hydrogens is 378 g/mol. The quantitative estimate of drug-likeness (QED) is 0.544. The molecule has 1 aromatic heterocycles. The minimum absolute atomic E-state index is 0.0135. The first-order chi connectivity index (χ1) is 11.9. The van der Waals surface area contributed by atoms with Crippen LogP contribution in [0.25, 0.3) is 11.0 Å². The molecule has 4 nitrogen and oxygen atoms in total. The maximum atomic E-state index is 6.27. The predicted molar refractivity (Wildman–Crippen MR) is 105 cm³/mol. The van der Waals surface area contributed by atoms with Gasteiger partial charge >= 0.3 is 0 Å². The van der Waals surface area contributed by atoms with Crippen molar-refractivity contribution in [2.75, 3.05) is 0 Å². The van der Waals surface area contributed by atoms with Gasteiger partial charge in [-0.25, -0.2) is 4.68 Å². The zero-order chi connectivity index (χ0) is 18.0. The highest BCUT2D eigenvalue weighted by Crippen LogP contribution is 2.35. The summed E-state index contributed by atoms with van der Waals surface area (Å²) in [6.07, 6.45) is 0.908. The summed E-state index contributed by atoms with van der Waals surface area (Å²) in [5, 5.41) is 8.68. The third kappa shape index (κ3) is 4.03. The van der Waals surface area contributed by atoms with E-state index in [0.717, 1.165) is 34.2 Å². The molecule has 25 heavy (non-hydrogen) atoms. The Morgan fingerprint density at radius 3 is 2.48 bits per heavy atom. The number of rotatable bonds is 5. The van der Waals surface area contributed by atoms with Crippen molar-refractivity contribution >= 4 is 27.0 Å². The van der Waals surface area contributed by atoms with E-state index in [1.807, 2.05) is 35.0 Å². The van der Waals surface area contributed by atoms with Gasteiger partial charge in [0.05, 0.1) is 9.99 Å². The van der Waals surface area contributed by atoms with Gasteiger partial charge in [-0.3, -0.25) is 0 Å². The molecule has 0 saturated carbocycles. The average Bonchev–Trinajstić information content (AvgIpc) is 2.97. The molecule has 0 aliphatic rings. The lowest BCUT2D eigenvalue weighted by atomic mass is 9.97. The highest BCUT2D eigenvalue weighted by Gasteiger charge is 2.19. The van der Waals surface area contributed by atoms with Gasteiger partial charge in [0.25, 0.3) is 0 Å². The van der Waals surface area contributed by atoms with E-state index in [0.29, 0.717) is 0 Å². The Labute approximate surface area is 157 Å². The Hall–Kier alpha value is -1.88. The fourth-order valence-electron chi connectivity index (χ4n) is 2.85. The van der Waals surface area contributed by atoms with E-state index >= 15 is 0 Å². The van der Waals surface area contributed by atoms with Crippen LogP contribution in [0.5, 0.6) is 5.75 Å². The molecule has 0 amide bonds. The highest BCUT2D eigenvalue weighted by atomic mass is 79.9. The Morgan fingerprint density at radius 1 is 1.12 bits per heavy atom. The molecular formula is C20H24BrN3O. The van der Waals surface area contributed by atoms with Gasteiger partial charge < -0.3 is 4.74 Å². The monoisotopic (exact) mass is 401 g/mol. The van der Waals surface area contributed by atoms with Crippen LogP contribution in [-0.2, 0) is 6.54 Å². The molecule has 1 heterocycles. The summed E-state index contributed by atoms with van der Waals surface area (Å²) < 4.78 is 9.09. The van der Waals surface area contributed by atoms with Crippen LogP contribution in [0.2, 0.25) is 0 Å². The van der Waals surface area contributed by atoms with E-state index in [1.54, 1.807) is 0 Å². The Morgan fingerprint density at radius 2 is 1.84 bits per heavy atom. The van der Waals surface area contributed by atoms with Crippen LogP contribution in [0.15, 0.2) is 46.9 Å². The van der Waals surface area contributed by atoms with Crippen molar-refractivity contribution in [2.24, 2.45) is 5.41 Å². The van der Waals surface area contributed by atoms with Gasteiger partial charge in [-0.15, -0.1) is 5.10 Å². The van der Waals surface area contributed by atoms with Crippen molar-refractivity contribution in [2.45, 2.75) is 46.8 Å². The molecule has 1 unspecified atom stereocenters. The zero-order valence-electron chi connectivity index (χ0n) is 15.2. The van der Waals surface area contributed by atoms with Crippen LogP contribution in [0.3, 0.4) is 0 Å². The Bertz CT molecular complexity index is 852. The first-order valence-electron chi connectivity index (χ1n) is 8.62. The molecule has 3 aromatic rings. The van der Waals surface area contributed by atoms with Gasteiger partial charge in [0.2, 0.25) is 0 Å². The molecule has 2 aromatic carbocycles. The summed E-state index contributed by atoms with van der Waals surface area (Å²) in [6.45, 7) is 9.53. The average molecular weight is 402 g/mol. The second-order valence-corrected chi connectivity index (χ2v) is 8.27. The molecule has 0 bridgehead atoms. The summed E-state index contributed by atoms with van der Waals surface area (Å²) in [6, 6.07) is 14.3. The molecule has 0 aliphatic heterocycles. The van der Waals surface area contributed by atoms with Gasteiger partial charge in [-0.1, -0.05) is 63.2 Å². The van der Waals surface area contributed by atoms with Gasteiger partial charge in [0.15, 0.2) is 0 Å². The van der Waals surface area contributed by atoms with E-state index in [1.165, 1.54) is 5.56 Å². The lowest BCUT2D eigenvalue weighted by Gasteiger charge is -2.20. The van der Waals surface area contributed by atoms with Crippen LogP contribution in [0.4, 0.5) is 0 Å². The van der Waals surface area contributed by atoms with E-state index in [-0.39, 0.29) is 11.5 Å². The number of fused-ring (bicyclic) bond motifs is 1. The minimum atomic E-state index is 0.0135.